The van der Waals surface area contributed by atoms with Gasteiger partial charge in [-0.05, 0) is 61.7 Å². The first-order valence-corrected chi connectivity index (χ1v) is 7.77. The Bertz CT molecular complexity index is 392. The molecule has 4 rings (SSSR count). The van der Waals surface area contributed by atoms with E-state index >= 15 is 0 Å². The molecule has 0 spiro atoms. The summed E-state index contributed by atoms with van der Waals surface area (Å²) in [5.74, 6) is 1.86. The Hall–Kier alpha value is -0.810. The van der Waals surface area contributed by atoms with E-state index in [1.54, 1.807) is 0 Å². The van der Waals surface area contributed by atoms with Crippen LogP contribution in [-0.2, 0) is 9.59 Å². The second-order valence-corrected chi connectivity index (χ2v) is 7.41. The van der Waals surface area contributed by atoms with Crippen molar-refractivity contribution in [2.75, 3.05) is 6.54 Å². The Labute approximate surface area is 132 Å². The van der Waals surface area contributed by atoms with E-state index in [1.165, 1.54) is 38.5 Å². The van der Waals surface area contributed by atoms with Gasteiger partial charge < -0.3 is 16.8 Å². The molecule has 4 aliphatic rings. The largest absolute Gasteiger partial charge is 0.370 e. The molecule has 0 saturated heterocycles. The third-order valence-electron chi connectivity index (χ3n) is 5.56. The molecule has 0 heterocycles. The van der Waals surface area contributed by atoms with Gasteiger partial charge >= 0.3 is 0 Å². The van der Waals surface area contributed by atoms with Crippen molar-refractivity contribution < 1.29 is 9.59 Å². The average molecular weight is 316 g/mol. The molecule has 4 fully saturated rings. The zero-order valence-electron chi connectivity index (χ0n) is 12.3. The minimum Gasteiger partial charge on any atom is -0.370 e. The fourth-order valence-corrected chi connectivity index (χ4v) is 5.22. The standard InChI is InChI=1S/C15H25N3O2.ClH/c16-12(4-13(17)19)14(20)18-8-15-5-9-1-10(6-15)3-11(2-9)7-15;/h9-12H,1-8,16H2,(H2,17,19)(H,18,20);1H. The number of rotatable bonds is 5. The first kappa shape index (κ1) is 16.6. The highest BCUT2D eigenvalue weighted by atomic mass is 35.5. The maximum Gasteiger partial charge on any atom is 0.237 e. The molecule has 6 heteroatoms. The van der Waals surface area contributed by atoms with Gasteiger partial charge in [-0.3, -0.25) is 9.59 Å². The fourth-order valence-electron chi connectivity index (χ4n) is 5.22. The van der Waals surface area contributed by atoms with Crippen LogP contribution in [-0.4, -0.2) is 24.4 Å². The van der Waals surface area contributed by atoms with Crippen LogP contribution >= 0.6 is 12.4 Å². The van der Waals surface area contributed by atoms with Crippen LogP contribution in [0.2, 0.25) is 0 Å². The molecule has 0 aromatic heterocycles. The normalized spacial score (nSPS) is 37.7. The van der Waals surface area contributed by atoms with E-state index in [-0.39, 0.29) is 24.7 Å². The maximum atomic E-state index is 11.9. The highest BCUT2D eigenvalue weighted by Gasteiger charge is 2.50. The number of primary amides is 1. The molecule has 0 aliphatic heterocycles. The summed E-state index contributed by atoms with van der Waals surface area (Å²) in [6.45, 7) is 0.724. The van der Waals surface area contributed by atoms with Crippen LogP contribution in [0.15, 0.2) is 0 Å². The van der Waals surface area contributed by atoms with Gasteiger partial charge in [-0.2, -0.15) is 0 Å². The van der Waals surface area contributed by atoms with Crippen molar-refractivity contribution in [1.29, 1.82) is 0 Å². The van der Waals surface area contributed by atoms with Gasteiger partial charge in [0.1, 0.15) is 0 Å². The molecule has 1 unspecified atom stereocenters. The third-order valence-corrected chi connectivity index (χ3v) is 5.56. The van der Waals surface area contributed by atoms with Crippen LogP contribution in [0, 0.1) is 23.2 Å². The molecule has 0 aromatic rings. The van der Waals surface area contributed by atoms with Crippen molar-refractivity contribution in [3.8, 4) is 0 Å². The monoisotopic (exact) mass is 315 g/mol. The summed E-state index contributed by atoms with van der Waals surface area (Å²) in [7, 11) is 0. The third kappa shape index (κ3) is 3.51. The number of hydrogen-bond acceptors (Lipinski definition) is 3. The lowest BCUT2D eigenvalue weighted by Crippen LogP contribution is -2.53. The molecule has 5 nitrogen and oxygen atoms in total. The van der Waals surface area contributed by atoms with E-state index in [1.807, 2.05) is 0 Å². The number of amides is 2. The summed E-state index contributed by atoms with van der Waals surface area (Å²) in [5, 5.41) is 2.97. The summed E-state index contributed by atoms with van der Waals surface area (Å²) in [4.78, 5) is 22.7. The zero-order valence-corrected chi connectivity index (χ0v) is 13.2. The Morgan fingerprint density at radius 3 is 2.00 bits per heavy atom. The van der Waals surface area contributed by atoms with E-state index in [2.05, 4.69) is 5.32 Å². The van der Waals surface area contributed by atoms with Gasteiger partial charge in [0.15, 0.2) is 0 Å². The highest BCUT2D eigenvalue weighted by Crippen LogP contribution is 2.59. The molecule has 0 radical (unpaired) electrons. The second-order valence-electron chi connectivity index (χ2n) is 7.41. The van der Waals surface area contributed by atoms with Crippen LogP contribution < -0.4 is 16.8 Å². The summed E-state index contributed by atoms with van der Waals surface area (Å²) in [6, 6.07) is -0.804. The van der Waals surface area contributed by atoms with Gasteiger partial charge in [0.05, 0.1) is 12.5 Å². The van der Waals surface area contributed by atoms with Crippen LogP contribution in [0.1, 0.15) is 44.9 Å². The molecule has 1 atom stereocenters. The van der Waals surface area contributed by atoms with Gasteiger partial charge in [0.25, 0.3) is 0 Å². The first-order chi connectivity index (χ1) is 9.46. The summed E-state index contributed by atoms with van der Waals surface area (Å²) >= 11 is 0. The fraction of sp³-hybridized carbons (Fsp3) is 0.867. The lowest BCUT2D eigenvalue weighted by Gasteiger charge is -2.57. The number of carbonyl (C=O) groups excluding carboxylic acids is 2. The SMILES string of the molecule is Cl.NC(=O)CC(N)C(=O)NCC12CC3CC(CC(C3)C1)C2. The van der Waals surface area contributed by atoms with Crippen molar-refractivity contribution >= 4 is 24.2 Å². The Kier molecular flexibility index (Phi) is 4.83. The van der Waals surface area contributed by atoms with Crippen LogP contribution in [0.3, 0.4) is 0 Å². The van der Waals surface area contributed by atoms with Gasteiger partial charge in [0, 0.05) is 6.54 Å². The Morgan fingerprint density at radius 1 is 1.10 bits per heavy atom. The Morgan fingerprint density at radius 2 is 1.57 bits per heavy atom. The predicted octanol–water partition coefficient (Wildman–Crippen LogP) is 0.943. The molecule has 4 bridgehead atoms. The number of hydrogen-bond donors (Lipinski definition) is 3. The van der Waals surface area contributed by atoms with E-state index in [0.29, 0.717) is 5.41 Å². The number of nitrogens with two attached hydrogens (primary N) is 2. The van der Waals surface area contributed by atoms with Gasteiger partial charge in [-0.25, -0.2) is 0 Å². The van der Waals surface area contributed by atoms with E-state index < -0.39 is 11.9 Å². The van der Waals surface area contributed by atoms with Gasteiger partial charge in [-0.1, -0.05) is 0 Å². The molecular weight excluding hydrogens is 290 g/mol. The molecule has 4 saturated carbocycles. The zero-order chi connectivity index (χ0) is 14.3. The average Bonchev–Trinajstić information content (AvgIpc) is 2.33. The minimum atomic E-state index is -0.804. The molecule has 0 aromatic carbocycles. The number of nitrogens with one attached hydrogen (secondary N) is 1. The summed E-state index contributed by atoms with van der Waals surface area (Å²) in [5.41, 5.74) is 11.1. The molecular formula is C15H26ClN3O2. The van der Waals surface area contributed by atoms with E-state index in [4.69, 9.17) is 11.5 Å². The van der Waals surface area contributed by atoms with Gasteiger partial charge in [0.2, 0.25) is 11.8 Å². The van der Waals surface area contributed by atoms with E-state index in [0.717, 1.165) is 24.3 Å². The summed E-state index contributed by atoms with van der Waals surface area (Å²) < 4.78 is 0. The van der Waals surface area contributed by atoms with Crippen LogP contribution in [0.25, 0.3) is 0 Å². The topological polar surface area (TPSA) is 98.2 Å². The summed E-state index contributed by atoms with van der Waals surface area (Å²) in [6.07, 6.45) is 7.88. The number of halogens is 1. The van der Waals surface area contributed by atoms with Crippen molar-refractivity contribution in [1.82, 2.24) is 5.32 Å². The minimum absolute atomic E-state index is 0. The second kappa shape index (κ2) is 6.13. The van der Waals surface area contributed by atoms with Gasteiger partial charge in [-0.15, -0.1) is 12.4 Å². The maximum absolute atomic E-state index is 11.9. The smallest absolute Gasteiger partial charge is 0.237 e. The number of carbonyl (C=O) groups is 2. The first-order valence-electron chi connectivity index (χ1n) is 7.77. The lowest BCUT2D eigenvalue weighted by atomic mass is 9.49. The quantitative estimate of drug-likeness (QED) is 0.704. The van der Waals surface area contributed by atoms with Crippen molar-refractivity contribution in [2.45, 2.75) is 51.0 Å². The van der Waals surface area contributed by atoms with Crippen molar-refractivity contribution in [3.63, 3.8) is 0 Å². The van der Waals surface area contributed by atoms with Crippen LogP contribution in [0.4, 0.5) is 0 Å². The Balaban J connectivity index is 0.00000161. The molecule has 5 N–H and O–H groups in total. The molecule has 21 heavy (non-hydrogen) atoms. The highest BCUT2D eigenvalue weighted by molar-refractivity contribution is 5.87. The molecule has 120 valence electrons. The van der Waals surface area contributed by atoms with E-state index in [9.17, 15) is 9.59 Å². The molecule has 2 amide bonds. The van der Waals surface area contributed by atoms with Crippen molar-refractivity contribution in [2.24, 2.45) is 34.6 Å². The van der Waals surface area contributed by atoms with Crippen LogP contribution in [0.5, 0.6) is 0 Å². The lowest BCUT2D eigenvalue weighted by molar-refractivity contribution is -0.127. The van der Waals surface area contributed by atoms with Crippen molar-refractivity contribution in [3.05, 3.63) is 0 Å². The molecule has 4 aliphatic carbocycles. The predicted molar refractivity (Wildman–Crippen MR) is 82.6 cm³/mol.